The SMILES string of the molecule is CCOc1cc(Br)c(CC(=O)Nc2nnc(Cc3ccccc3)s2)cc1OCC. The minimum absolute atomic E-state index is 0.167. The first-order valence-electron chi connectivity index (χ1n) is 9.33. The fourth-order valence-electron chi connectivity index (χ4n) is 2.73. The summed E-state index contributed by atoms with van der Waals surface area (Å²) in [5, 5.41) is 12.4. The highest BCUT2D eigenvalue weighted by molar-refractivity contribution is 9.10. The first-order valence-corrected chi connectivity index (χ1v) is 10.9. The van der Waals surface area contributed by atoms with E-state index in [1.165, 1.54) is 11.3 Å². The summed E-state index contributed by atoms with van der Waals surface area (Å²) < 4.78 is 12.0. The number of nitrogens with zero attached hydrogens (tertiary/aromatic N) is 2. The number of amides is 1. The Hall–Kier alpha value is -2.45. The number of ether oxygens (including phenoxy) is 2. The molecule has 0 bridgehead atoms. The minimum Gasteiger partial charge on any atom is -0.490 e. The van der Waals surface area contributed by atoms with E-state index in [4.69, 9.17) is 9.47 Å². The van der Waals surface area contributed by atoms with Gasteiger partial charge in [0.15, 0.2) is 11.5 Å². The Labute approximate surface area is 182 Å². The van der Waals surface area contributed by atoms with E-state index in [1.54, 1.807) is 0 Å². The van der Waals surface area contributed by atoms with Gasteiger partial charge in [-0.1, -0.05) is 57.6 Å². The number of carbonyl (C=O) groups excluding carboxylic acids is 1. The predicted molar refractivity (Wildman–Crippen MR) is 118 cm³/mol. The lowest BCUT2D eigenvalue weighted by molar-refractivity contribution is -0.115. The van der Waals surface area contributed by atoms with Crippen LogP contribution in [0.5, 0.6) is 11.5 Å². The van der Waals surface area contributed by atoms with Gasteiger partial charge in [-0.15, -0.1) is 10.2 Å². The molecule has 2 aromatic carbocycles. The molecule has 1 N–H and O–H groups in total. The highest BCUT2D eigenvalue weighted by Crippen LogP contribution is 2.34. The van der Waals surface area contributed by atoms with E-state index in [0.29, 0.717) is 36.3 Å². The van der Waals surface area contributed by atoms with Gasteiger partial charge < -0.3 is 14.8 Å². The molecule has 0 aliphatic heterocycles. The van der Waals surface area contributed by atoms with Gasteiger partial charge in [0.1, 0.15) is 5.01 Å². The lowest BCUT2D eigenvalue weighted by Crippen LogP contribution is -2.14. The highest BCUT2D eigenvalue weighted by Gasteiger charge is 2.15. The third-order valence-corrected chi connectivity index (χ3v) is 5.55. The Morgan fingerprint density at radius 1 is 1.07 bits per heavy atom. The van der Waals surface area contributed by atoms with Crippen molar-refractivity contribution in [3.05, 3.63) is 63.1 Å². The van der Waals surface area contributed by atoms with Crippen molar-refractivity contribution in [2.45, 2.75) is 26.7 Å². The van der Waals surface area contributed by atoms with E-state index >= 15 is 0 Å². The third-order valence-electron chi connectivity index (χ3n) is 3.97. The fourth-order valence-corrected chi connectivity index (χ4v) is 3.98. The zero-order chi connectivity index (χ0) is 20.6. The molecule has 0 radical (unpaired) electrons. The largest absolute Gasteiger partial charge is 0.490 e. The molecule has 1 heterocycles. The lowest BCUT2D eigenvalue weighted by Gasteiger charge is -2.14. The van der Waals surface area contributed by atoms with Crippen LogP contribution in [0.3, 0.4) is 0 Å². The van der Waals surface area contributed by atoms with Crippen LogP contribution in [0, 0.1) is 0 Å². The van der Waals surface area contributed by atoms with Gasteiger partial charge in [0.05, 0.1) is 19.6 Å². The van der Waals surface area contributed by atoms with Gasteiger partial charge in [-0.2, -0.15) is 0 Å². The van der Waals surface area contributed by atoms with Crippen molar-refractivity contribution in [1.82, 2.24) is 10.2 Å². The second-order valence-electron chi connectivity index (χ2n) is 6.14. The molecule has 0 fully saturated rings. The van der Waals surface area contributed by atoms with Gasteiger partial charge in [0, 0.05) is 10.9 Å². The molecule has 6 nitrogen and oxygen atoms in total. The third kappa shape index (κ3) is 6.01. The standard InChI is InChI=1S/C21H22BrN3O3S/c1-3-27-17-11-15(16(22)13-18(17)28-4-2)12-19(26)23-21-25-24-20(29-21)10-14-8-6-5-7-9-14/h5-9,11,13H,3-4,10,12H2,1-2H3,(H,23,25,26). The summed E-state index contributed by atoms with van der Waals surface area (Å²) in [5.41, 5.74) is 1.96. The number of halogens is 1. The van der Waals surface area contributed by atoms with Crippen molar-refractivity contribution in [2.24, 2.45) is 0 Å². The Morgan fingerprint density at radius 3 is 2.45 bits per heavy atom. The summed E-state index contributed by atoms with van der Waals surface area (Å²) >= 11 is 4.90. The summed E-state index contributed by atoms with van der Waals surface area (Å²) in [5.74, 6) is 1.11. The maximum Gasteiger partial charge on any atom is 0.230 e. The van der Waals surface area contributed by atoms with Gasteiger partial charge >= 0.3 is 0 Å². The van der Waals surface area contributed by atoms with Crippen LogP contribution in [0.4, 0.5) is 5.13 Å². The van der Waals surface area contributed by atoms with Crippen LogP contribution in [0.15, 0.2) is 46.9 Å². The van der Waals surface area contributed by atoms with Crippen molar-refractivity contribution < 1.29 is 14.3 Å². The topological polar surface area (TPSA) is 73.3 Å². The van der Waals surface area contributed by atoms with E-state index in [1.807, 2.05) is 56.3 Å². The number of anilines is 1. The van der Waals surface area contributed by atoms with Gasteiger partial charge in [-0.25, -0.2) is 0 Å². The maximum atomic E-state index is 12.5. The Morgan fingerprint density at radius 2 is 1.76 bits per heavy atom. The van der Waals surface area contributed by atoms with Crippen molar-refractivity contribution >= 4 is 38.3 Å². The van der Waals surface area contributed by atoms with Crippen LogP contribution in [-0.2, 0) is 17.6 Å². The second-order valence-corrected chi connectivity index (χ2v) is 8.06. The molecule has 0 unspecified atom stereocenters. The van der Waals surface area contributed by atoms with Crippen LogP contribution in [0.2, 0.25) is 0 Å². The number of aromatic nitrogens is 2. The number of carbonyl (C=O) groups is 1. The predicted octanol–water partition coefficient (Wildman–Crippen LogP) is 4.87. The van der Waals surface area contributed by atoms with Gasteiger partial charge in [-0.05, 0) is 37.1 Å². The molecule has 0 atom stereocenters. The van der Waals surface area contributed by atoms with Crippen molar-refractivity contribution in [1.29, 1.82) is 0 Å². The van der Waals surface area contributed by atoms with Gasteiger partial charge in [0.25, 0.3) is 0 Å². The monoisotopic (exact) mass is 475 g/mol. The molecule has 3 aromatic rings. The second kappa shape index (κ2) is 10.4. The van der Waals surface area contributed by atoms with E-state index in [9.17, 15) is 4.79 Å². The van der Waals surface area contributed by atoms with Gasteiger partial charge in [0.2, 0.25) is 11.0 Å². The van der Waals surface area contributed by atoms with Crippen LogP contribution < -0.4 is 14.8 Å². The number of nitrogens with one attached hydrogen (secondary N) is 1. The van der Waals surface area contributed by atoms with E-state index in [0.717, 1.165) is 20.6 Å². The van der Waals surface area contributed by atoms with Crippen LogP contribution in [0.1, 0.15) is 30.0 Å². The van der Waals surface area contributed by atoms with Crippen molar-refractivity contribution in [3.63, 3.8) is 0 Å². The number of hydrogen-bond acceptors (Lipinski definition) is 6. The average Bonchev–Trinajstić information content (AvgIpc) is 3.13. The number of hydrogen-bond donors (Lipinski definition) is 1. The molecule has 0 saturated heterocycles. The molecule has 29 heavy (non-hydrogen) atoms. The molecular formula is C21H22BrN3O3S. The Balaban J connectivity index is 1.65. The number of benzene rings is 2. The quantitative estimate of drug-likeness (QED) is 0.477. The maximum absolute atomic E-state index is 12.5. The average molecular weight is 476 g/mol. The van der Waals surface area contributed by atoms with E-state index in [2.05, 4.69) is 31.4 Å². The molecule has 1 amide bonds. The molecule has 3 rings (SSSR count). The first kappa shape index (κ1) is 21.3. The zero-order valence-corrected chi connectivity index (χ0v) is 18.7. The summed E-state index contributed by atoms with van der Waals surface area (Å²) in [6.45, 7) is 4.88. The molecule has 1 aromatic heterocycles. The van der Waals surface area contributed by atoms with Crippen LogP contribution >= 0.6 is 27.3 Å². The summed E-state index contributed by atoms with van der Waals surface area (Å²) in [6.07, 6.45) is 0.872. The lowest BCUT2D eigenvalue weighted by atomic mass is 10.1. The normalized spacial score (nSPS) is 10.6. The van der Waals surface area contributed by atoms with Crippen molar-refractivity contribution in [3.8, 4) is 11.5 Å². The first-order chi connectivity index (χ1) is 14.1. The molecule has 0 aliphatic rings. The smallest absolute Gasteiger partial charge is 0.230 e. The number of rotatable bonds is 9. The summed E-state index contributed by atoms with van der Waals surface area (Å²) in [4.78, 5) is 12.5. The minimum atomic E-state index is -0.167. The van der Waals surface area contributed by atoms with E-state index in [-0.39, 0.29) is 12.3 Å². The van der Waals surface area contributed by atoms with Crippen molar-refractivity contribution in [2.75, 3.05) is 18.5 Å². The highest BCUT2D eigenvalue weighted by atomic mass is 79.9. The summed E-state index contributed by atoms with van der Waals surface area (Å²) in [7, 11) is 0. The van der Waals surface area contributed by atoms with E-state index < -0.39 is 0 Å². The molecular weight excluding hydrogens is 454 g/mol. The van der Waals surface area contributed by atoms with Crippen LogP contribution in [-0.4, -0.2) is 29.3 Å². The zero-order valence-electron chi connectivity index (χ0n) is 16.3. The Bertz CT molecular complexity index is 963. The molecule has 0 spiro atoms. The molecule has 8 heteroatoms. The molecule has 0 aliphatic carbocycles. The summed E-state index contributed by atoms with van der Waals surface area (Å²) in [6, 6.07) is 13.7. The fraction of sp³-hybridized carbons (Fsp3) is 0.286. The Kier molecular flexibility index (Phi) is 7.60. The van der Waals surface area contributed by atoms with Gasteiger partial charge in [-0.3, -0.25) is 4.79 Å². The molecule has 152 valence electrons. The van der Waals surface area contributed by atoms with Crippen LogP contribution in [0.25, 0.3) is 0 Å². The molecule has 0 saturated carbocycles.